The van der Waals surface area contributed by atoms with Gasteiger partial charge in [-0.2, -0.15) is 0 Å². The third kappa shape index (κ3) is 4.50. The summed E-state index contributed by atoms with van der Waals surface area (Å²) in [5.74, 6) is -1.78. The maximum Gasteiger partial charge on any atom is 0.220 e. The summed E-state index contributed by atoms with van der Waals surface area (Å²) in [5.41, 5.74) is 0.294. The zero-order chi connectivity index (χ0) is 16.3. The number of halogens is 2. The van der Waals surface area contributed by atoms with E-state index in [4.69, 9.17) is 0 Å². The number of rotatable bonds is 4. The number of carbonyl (C=O) groups is 1. The molecule has 1 aliphatic rings. The molecule has 0 aromatic heterocycles. The zero-order valence-electron chi connectivity index (χ0n) is 12.3. The summed E-state index contributed by atoms with van der Waals surface area (Å²) in [5, 5.41) is 2.79. The molecule has 0 bridgehead atoms. The number of hydrogen-bond acceptors (Lipinski definition) is 3. The first-order valence-electron chi connectivity index (χ1n) is 7.21. The molecule has 122 valence electrons. The molecule has 0 saturated carbocycles. The third-order valence-electron chi connectivity index (χ3n) is 3.90. The number of carbonyl (C=O) groups excluding carboxylic acids is 1. The van der Waals surface area contributed by atoms with Crippen molar-refractivity contribution in [1.82, 2.24) is 5.32 Å². The smallest absolute Gasteiger partial charge is 0.220 e. The number of amides is 1. The molecule has 1 aliphatic heterocycles. The van der Waals surface area contributed by atoms with Crippen molar-refractivity contribution in [3.63, 3.8) is 0 Å². The van der Waals surface area contributed by atoms with Crippen LogP contribution < -0.4 is 5.32 Å². The zero-order valence-corrected chi connectivity index (χ0v) is 13.1. The second-order valence-electron chi connectivity index (χ2n) is 5.76. The van der Waals surface area contributed by atoms with Gasteiger partial charge in [0.05, 0.1) is 11.5 Å². The molecule has 2 rings (SSSR count). The van der Waals surface area contributed by atoms with Gasteiger partial charge in [-0.05, 0) is 30.4 Å². The van der Waals surface area contributed by atoms with E-state index >= 15 is 0 Å². The minimum absolute atomic E-state index is 0.0752. The summed E-state index contributed by atoms with van der Waals surface area (Å²) in [6, 6.07) is 3.16. The Labute approximate surface area is 128 Å². The van der Waals surface area contributed by atoms with E-state index in [1.165, 1.54) is 12.1 Å². The van der Waals surface area contributed by atoms with Crippen LogP contribution in [-0.4, -0.2) is 31.9 Å². The number of nitrogens with one attached hydrogen (secondary N) is 1. The van der Waals surface area contributed by atoms with Crippen LogP contribution in [0.1, 0.15) is 37.7 Å². The van der Waals surface area contributed by atoms with Crippen LogP contribution in [0.2, 0.25) is 0 Å². The van der Waals surface area contributed by atoms with Gasteiger partial charge in [-0.15, -0.1) is 0 Å². The lowest BCUT2D eigenvalue weighted by Crippen LogP contribution is -2.41. The maximum atomic E-state index is 13.7. The average molecular weight is 331 g/mol. The standard InChI is InChI=1S/C15H19F2NO3S/c1-10(13-3-2-11(16)9-14(13)17)8-15(19)18-12-4-6-22(20,21)7-5-12/h2-3,9-10,12H,4-8H2,1H3,(H,18,19). The number of sulfone groups is 1. The van der Waals surface area contributed by atoms with Crippen molar-refractivity contribution in [2.24, 2.45) is 0 Å². The molecule has 0 spiro atoms. The summed E-state index contributed by atoms with van der Waals surface area (Å²) in [6.45, 7) is 1.70. The molecule has 1 amide bonds. The van der Waals surface area contributed by atoms with Gasteiger partial charge < -0.3 is 5.32 Å². The van der Waals surface area contributed by atoms with Crippen LogP contribution in [0.25, 0.3) is 0 Å². The maximum absolute atomic E-state index is 13.7. The highest BCUT2D eigenvalue weighted by atomic mass is 32.2. The van der Waals surface area contributed by atoms with Crippen LogP contribution in [0.15, 0.2) is 18.2 Å². The van der Waals surface area contributed by atoms with Crippen LogP contribution in [0.3, 0.4) is 0 Å². The van der Waals surface area contributed by atoms with Crippen LogP contribution >= 0.6 is 0 Å². The molecule has 1 aromatic carbocycles. The minimum Gasteiger partial charge on any atom is -0.353 e. The second-order valence-corrected chi connectivity index (χ2v) is 8.07. The molecule has 1 atom stereocenters. The highest BCUT2D eigenvalue weighted by molar-refractivity contribution is 7.91. The Kier molecular flexibility index (Phi) is 5.16. The number of hydrogen-bond donors (Lipinski definition) is 1. The topological polar surface area (TPSA) is 63.2 Å². The fraction of sp³-hybridized carbons (Fsp3) is 0.533. The quantitative estimate of drug-likeness (QED) is 0.919. The molecule has 0 aliphatic carbocycles. The van der Waals surface area contributed by atoms with E-state index in [9.17, 15) is 22.0 Å². The SMILES string of the molecule is CC(CC(=O)NC1CCS(=O)(=O)CC1)c1ccc(F)cc1F. The molecule has 1 unspecified atom stereocenters. The van der Waals surface area contributed by atoms with Gasteiger partial charge in [0.1, 0.15) is 21.5 Å². The highest BCUT2D eigenvalue weighted by Crippen LogP contribution is 2.23. The molecule has 1 N–H and O–H groups in total. The molecule has 1 heterocycles. The molecule has 0 radical (unpaired) electrons. The highest BCUT2D eigenvalue weighted by Gasteiger charge is 2.25. The molecule has 1 aromatic rings. The Morgan fingerprint density at radius 2 is 1.95 bits per heavy atom. The lowest BCUT2D eigenvalue weighted by atomic mass is 9.96. The summed E-state index contributed by atoms with van der Waals surface area (Å²) < 4.78 is 49.2. The number of benzene rings is 1. The van der Waals surface area contributed by atoms with Gasteiger partial charge in [-0.1, -0.05) is 13.0 Å². The van der Waals surface area contributed by atoms with E-state index in [1.807, 2.05) is 0 Å². The second kappa shape index (κ2) is 6.73. The van der Waals surface area contributed by atoms with Crippen molar-refractivity contribution in [3.8, 4) is 0 Å². The molecule has 4 nitrogen and oxygen atoms in total. The van der Waals surface area contributed by atoms with Crippen molar-refractivity contribution in [2.45, 2.75) is 38.1 Å². The summed E-state index contributed by atoms with van der Waals surface area (Å²) >= 11 is 0. The van der Waals surface area contributed by atoms with Crippen molar-refractivity contribution in [1.29, 1.82) is 0 Å². The van der Waals surface area contributed by atoms with E-state index in [2.05, 4.69) is 5.32 Å². The normalized spacial score (nSPS) is 19.6. The van der Waals surface area contributed by atoms with Gasteiger partial charge in [0.15, 0.2) is 0 Å². The Hall–Kier alpha value is -1.50. The van der Waals surface area contributed by atoms with Gasteiger partial charge in [0.2, 0.25) is 5.91 Å². The minimum atomic E-state index is -2.96. The first-order chi connectivity index (χ1) is 10.3. The van der Waals surface area contributed by atoms with Gasteiger partial charge in [-0.3, -0.25) is 4.79 Å². The van der Waals surface area contributed by atoms with E-state index in [0.717, 1.165) is 6.07 Å². The molecular weight excluding hydrogens is 312 g/mol. The van der Waals surface area contributed by atoms with Gasteiger partial charge >= 0.3 is 0 Å². The van der Waals surface area contributed by atoms with E-state index in [-0.39, 0.29) is 35.8 Å². The fourth-order valence-electron chi connectivity index (χ4n) is 2.61. The molecule has 22 heavy (non-hydrogen) atoms. The molecule has 7 heteroatoms. The largest absolute Gasteiger partial charge is 0.353 e. The first kappa shape index (κ1) is 16.9. The molecular formula is C15H19F2NO3S. The molecule has 1 fully saturated rings. The monoisotopic (exact) mass is 331 g/mol. The van der Waals surface area contributed by atoms with Gasteiger partial charge in [-0.25, -0.2) is 17.2 Å². The Balaban J connectivity index is 1.89. The average Bonchev–Trinajstić information content (AvgIpc) is 2.41. The Bertz CT molecular complexity index is 647. The van der Waals surface area contributed by atoms with Gasteiger partial charge in [0, 0.05) is 18.5 Å². The predicted octanol–water partition coefficient (Wildman–Crippen LogP) is 2.15. The van der Waals surface area contributed by atoms with Crippen LogP contribution in [0.4, 0.5) is 8.78 Å². The summed E-state index contributed by atoms with van der Waals surface area (Å²) in [7, 11) is -2.96. The van der Waals surface area contributed by atoms with Gasteiger partial charge in [0.25, 0.3) is 0 Å². The van der Waals surface area contributed by atoms with Crippen LogP contribution in [0.5, 0.6) is 0 Å². The van der Waals surface area contributed by atoms with Crippen molar-refractivity contribution in [2.75, 3.05) is 11.5 Å². The van der Waals surface area contributed by atoms with Crippen molar-refractivity contribution < 1.29 is 22.0 Å². The summed E-state index contributed by atoms with van der Waals surface area (Å²) in [4.78, 5) is 12.0. The van der Waals surface area contributed by atoms with E-state index < -0.39 is 21.5 Å². The first-order valence-corrected chi connectivity index (χ1v) is 9.04. The van der Waals surface area contributed by atoms with E-state index in [1.54, 1.807) is 6.92 Å². The van der Waals surface area contributed by atoms with Crippen LogP contribution in [0, 0.1) is 11.6 Å². The summed E-state index contributed by atoms with van der Waals surface area (Å²) in [6.07, 6.45) is 0.895. The van der Waals surface area contributed by atoms with E-state index in [0.29, 0.717) is 18.4 Å². The predicted molar refractivity (Wildman–Crippen MR) is 79.2 cm³/mol. The lowest BCUT2D eigenvalue weighted by molar-refractivity contribution is -0.122. The third-order valence-corrected chi connectivity index (χ3v) is 5.62. The van der Waals surface area contributed by atoms with Crippen LogP contribution in [-0.2, 0) is 14.6 Å². The van der Waals surface area contributed by atoms with Crippen molar-refractivity contribution in [3.05, 3.63) is 35.4 Å². The Morgan fingerprint density at radius 1 is 1.32 bits per heavy atom. The van der Waals surface area contributed by atoms with Crippen molar-refractivity contribution >= 4 is 15.7 Å². The fourth-order valence-corrected chi connectivity index (χ4v) is 4.10. The molecule has 1 saturated heterocycles. The lowest BCUT2D eigenvalue weighted by Gasteiger charge is -2.23. The Morgan fingerprint density at radius 3 is 2.55 bits per heavy atom.